The molecule has 30 heavy (non-hydrogen) atoms. The Morgan fingerprint density at radius 2 is 2.07 bits per heavy atom. The maximum absolute atomic E-state index is 12.9. The van der Waals surface area contributed by atoms with Crippen LogP contribution in [0.25, 0.3) is 10.9 Å². The number of amides is 1. The highest BCUT2D eigenvalue weighted by Crippen LogP contribution is 2.27. The van der Waals surface area contributed by atoms with Crippen molar-refractivity contribution in [1.82, 2.24) is 13.9 Å². The molecule has 0 radical (unpaired) electrons. The van der Waals surface area contributed by atoms with Crippen LogP contribution in [0.5, 0.6) is 0 Å². The summed E-state index contributed by atoms with van der Waals surface area (Å²) in [5.74, 6) is -1.09. The molecule has 1 N–H and O–H groups in total. The van der Waals surface area contributed by atoms with E-state index in [0.29, 0.717) is 6.61 Å². The molecular weight excluding hydrogens is 517 g/mol. The smallest absolute Gasteiger partial charge is 0.339 e. The lowest BCUT2D eigenvalue weighted by Gasteiger charge is -2.12. The minimum absolute atomic E-state index is 0.0880. The molecule has 158 valence electrons. The second kappa shape index (κ2) is 10.2. The largest absolute Gasteiger partial charge is 0.462 e. The van der Waals surface area contributed by atoms with Crippen molar-refractivity contribution in [3.8, 4) is 0 Å². The zero-order valence-electron chi connectivity index (χ0n) is 16.7. The number of unbranched alkanes of at least 4 members (excludes halogenated alkanes) is 1. The third-order valence-corrected chi connectivity index (χ3v) is 6.47. The molecule has 0 unspecified atom stereocenters. The van der Waals surface area contributed by atoms with Gasteiger partial charge < -0.3 is 14.6 Å². The van der Waals surface area contributed by atoms with Gasteiger partial charge in [0.25, 0.3) is 11.5 Å². The van der Waals surface area contributed by atoms with Gasteiger partial charge in [-0.2, -0.15) is 0 Å². The van der Waals surface area contributed by atoms with Crippen LogP contribution < -0.4 is 10.9 Å². The van der Waals surface area contributed by atoms with E-state index in [0.717, 1.165) is 29.3 Å². The molecule has 3 aromatic rings. The lowest BCUT2D eigenvalue weighted by molar-refractivity contribution is 0.0498. The molecule has 1 amide bonds. The van der Waals surface area contributed by atoms with Crippen molar-refractivity contribution in [2.24, 2.45) is 0 Å². The van der Waals surface area contributed by atoms with E-state index in [1.807, 2.05) is 41.4 Å². The second-order valence-electron chi connectivity index (χ2n) is 6.70. The van der Waals surface area contributed by atoms with Crippen LogP contribution in [-0.4, -0.2) is 34.1 Å². The average Bonchev–Trinajstić information content (AvgIpc) is 3.18. The fourth-order valence-electron chi connectivity index (χ4n) is 3.14. The number of halogens is 1. The molecular formula is C21H22IN3O4S. The molecule has 7 nitrogen and oxygen atoms in total. The zero-order chi connectivity index (χ0) is 21.7. The number of carbonyl (C=O) groups is 2. The molecule has 1 aromatic carbocycles. The number of ether oxygens (including phenoxy) is 1. The molecule has 9 heteroatoms. The van der Waals surface area contributed by atoms with E-state index in [4.69, 9.17) is 4.74 Å². The van der Waals surface area contributed by atoms with E-state index in [1.54, 1.807) is 9.12 Å². The van der Waals surface area contributed by atoms with Crippen molar-refractivity contribution >= 4 is 53.1 Å². The lowest BCUT2D eigenvalue weighted by Crippen LogP contribution is -2.32. The summed E-state index contributed by atoms with van der Waals surface area (Å²) < 4.78 is 8.70. The number of fused-ring (bicyclic) bond motifs is 1. The van der Waals surface area contributed by atoms with E-state index in [-0.39, 0.29) is 17.7 Å². The zero-order valence-corrected chi connectivity index (χ0v) is 19.7. The van der Waals surface area contributed by atoms with Gasteiger partial charge in [0, 0.05) is 55.2 Å². The van der Waals surface area contributed by atoms with E-state index < -0.39 is 17.4 Å². The minimum Gasteiger partial charge on any atom is -0.462 e. The quantitative estimate of drug-likeness (QED) is 0.266. The van der Waals surface area contributed by atoms with Gasteiger partial charge in [-0.15, -0.1) is 0 Å². The number of nitrogens with one attached hydrogen (secondary N) is 1. The van der Waals surface area contributed by atoms with Crippen LogP contribution in [0.4, 0.5) is 0 Å². The summed E-state index contributed by atoms with van der Waals surface area (Å²) in [7, 11) is 3.00. The van der Waals surface area contributed by atoms with Crippen molar-refractivity contribution in [2.45, 2.75) is 26.3 Å². The van der Waals surface area contributed by atoms with Gasteiger partial charge in [0.15, 0.2) is 0 Å². The Labute approximate surface area is 190 Å². The number of pyridine rings is 1. The summed E-state index contributed by atoms with van der Waals surface area (Å²) >= 11 is 2.21. The van der Waals surface area contributed by atoms with Gasteiger partial charge in [-0.25, -0.2) is 4.79 Å². The third kappa shape index (κ3) is 4.72. The Hall–Kier alpha value is -2.27. The molecule has 0 fully saturated rings. The summed E-state index contributed by atoms with van der Waals surface area (Å²) in [5.41, 5.74) is 1.57. The van der Waals surface area contributed by atoms with Crippen molar-refractivity contribution < 1.29 is 14.3 Å². The number of rotatable bonds is 8. The summed E-state index contributed by atoms with van der Waals surface area (Å²) in [6.07, 6.45) is 5.08. The Balaban J connectivity index is 2.04. The molecule has 0 aliphatic carbocycles. The highest BCUT2D eigenvalue weighted by atomic mass is 127. The van der Waals surface area contributed by atoms with Gasteiger partial charge >= 0.3 is 5.97 Å². The Kier molecular flexibility index (Phi) is 7.59. The van der Waals surface area contributed by atoms with Gasteiger partial charge in [-0.3, -0.25) is 13.6 Å². The molecule has 0 bridgehead atoms. The third-order valence-electron chi connectivity index (χ3n) is 4.73. The SMILES string of the molecule is CCCCOC(=O)c1cc(C(=O)NC)c(=O)n(Cc2cccc3c2ccn3SI)c1. The summed E-state index contributed by atoms with van der Waals surface area (Å²) in [4.78, 5) is 37.7. The lowest BCUT2D eigenvalue weighted by atomic mass is 10.1. The Bertz CT molecular complexity index is 1140. The van der Waals surface area contributed by atoms with Gasteiger partial charge in [0.2, 0.25) is 0 Å². The van der Waals surface area contributed by atoms with E-state index in [2.05, 4.69) is 26.5 Å². The number of esters is 1. The standard InChI is InChI=1S/C21H22IN3O4S/c1-3-4-10-29-21(28)15-11-17(19(26)23-2)20(27)24(13-15)12-14-6-5-7-18-16(14)8-9-25(18)30-22/h5-9,11,13H,3-4,10,12H2,1-2H3,(H,23,26). The van der Waals surface area contributed by atoms with Crippen molar-refractivity contribution in [2.75, 3.05) is 13.7 Å². The van der Waals surface area contributed by atoms with Crippen molar-refractivity contribution in [1.29, 1.82) is 0 Å². The summed E-state index contributed by atoms with van der Waals surface area (Å²) in [6, 6.07) is 9.15. The first kappa shape index (κ1) is 22.4. The normalized spacial score (nSPS) is 10.9. The first-order valence-corrected chi connectivity index (χ1v) is 12.8. The molecule has 0 saturated heterocycles. The average molecular weight is 539 g/mol. The number of hydrogen-bond acceptors (Lipinski definition) is 5. The predicted molar refractivity (Wildman–Crippen MR) is 127 cm³/mol. The Morgan fingerprint density at radius 3 is 2.77 bits per heavy atom. The number of hydrogen-bond donors (Lipinski definition) is 1. The van der Waals surface area contributed by atoms with Crippen molar-refractivity contribution in [3.63, 3.8) is 0 Å². The fourth-order valence-corrected chi connectivity index (χ4v) is 4.51. The molecule has 0 spiro atoms. The molecule has 3 rings (SSSR count). The van der Waals surface area contributed by atoms with Crippen LogP contribution >= 0.6 is 30.3 Å². The maximum atomic E-state index is 12.9. The molecule has 2 heterocycles. The van der Waals surface area contributed by atoms with Crippen LogP contribution in [-0.2, 0) is 11.3 Å². The molecule has 0 atom stereocenters. The molecule has 0 aliphatic rings. The van der Waals surface area contributed by atoms with Crippen LogP contribution in [0, 0.1) is 0 Å². The van der Waals surface area contributed by atoms with Gasteiger partial charge in [-0.05, 0) is 30.2 Å². The Morgan fingerprint density at radius 1 is 1.27 bits per heavy atom. The highest BCUT2D eigenvalue weighted by Gasteiger charge is 2.18. The molecule has 0 saturated carbocycles. The van der Waals surface area contributed by atoms with Gasteiger partial charge in [0.05, 0.1) is 24.2 Å². The number of benzene rings is 1. The highest BCUT2D eigenvalue weighted by molar-refractivity contribution is 14.2. The first-order valence-electron chi connectivity index (χ1n) is 9.51. The summed E-state index contributed by atoms with van der Waals surface area (Å²) in [5, 5.41) is 3.47. The number of nitrogens with zero attached hydrogens (tertiary/aromatic N) is 2. The van der Waals surface area contributed by atoms with Crippen LogP contribution in [0.3, 0.4) is 0 Å². The van der Waals surface area contributed by atoms with Crippen LogP contribution in [0.15, 0.2) is 47.5 Å². The molecule has 2 aromatic heterocycles. The maximum Gasteiger partial charge on any atom is 0.339 e. The predicted octanol–water partition coefficient (Wildman–Crippen LogP) is 4.01. The van der Waals surface area contributed by atoms with E-state index in [1.165, 1.54) is 23.9 Å². The number of carbonyl (C=O) groups excluding carboxylic acids is 2. The van der Waals surface area contributed by atoms with Crippen LogP contribution in [0.2, 0.25) is 0 Å². The minimum atomic E-state index is -0.548. The van der Waals surface area contributed by atoms with E-state index in [9.17, 15) is 14.4 Å². The topological polar surface area (TPSA) is 82.3 Å². The van der Waals surface area contributed by atoms with Crippen LogP contribution in [0.1, 0.15) is 46.0 Å². The van der Waals surface area contributed by atoms with Gasteiger partial charge in [0.1, 0.15) is 5.56 Å². The molecule has 0 aliphatic heterocycles. The van der Waals surface area contributed by atoms with Crippen molar-refractivity contribution in [3.05, 3.63) is 69.8 Å². The first-order chi connectivity index (χ1) is 14.5. The monoisotopic (exact) mass is 539 g/mol. The number of aromatic nitrogens is 2. The summed E-state index contributed by atoms with van der Waals surface area (Å²) in [6.45, 7) is 2.53. The van der Waals surface area contributed by atoms with Gasteiger partial charge in [-0.1, -0.05) is 25.5 Å². The fraction of sp³-hybridized carbons (Fsp3) is 0.286. The van der Waals surface area contributed by atoms with E-state index >= 15 is 0 Å². The second-order valence-corrected chi connectivity index (χ2v) is 8.42.